The molecule has 12 heavy (non-hydrogen) atoms. The number of aromatic nitrogens is 1. The number of nitrogens with two attached hydrogens (primary N) is 1. The van der Waals surface area contributed by atoms with Gasteiger partial charge in [0.1, 0.15) is 0 Å². The van der Waals surface area contributed by atoms with Crippen LogP contribution in [0.5, 0.6) is 0 Å². The van der Waals surface area contributed by atoms with Crippen LogP contribution in [0, 0.1) is 16.1 Å². The van der Waals surface area contributed by atoms with Gasteiger partial charge >= 0.3 is 5.69 Å². The van der Waals surface area contributed by atoms with Crippen LogP contribution in [0.2, 0.25) is 0 Å². The van der Waals surface area contributed by atoms with Crippen molar-refractivity contribution in [1.82, 2.24) is 4.98 Å². The van der Waals surface area contributed by atoms with Crippen LogP contribution in [0.3, 0.4) is 0 Å². The minimum Gasteiger partial charge on any atom is -0.378 e. The molecule has 7 heteroatoms. The number of nitrogen functional groups attached to an aromatic ring is 1. The van der Waals surface area contributed by atoms with Crippen molar-refractivity contribution in [3.63, 3.8) is 0 Å². The summed E-state index contributed by atoms with van der Waals surface area (Å²) in [6, 6.07) is 0.970. The summed E-state index contributed by atoms with van der Waals surface area (Å²) >= 11 is 2.75. The Hall–Kier alpha value is -1.24. The lowest BCUT2D eigenvalue weighted by Gasteiger charge is -1.97. The van der Waals surface area contributed by atoms with Gasteiger partial charge in [-0.3, -0.25) is 10.1 Å². The molecule has 1 heterocycles. The predicted molar refractivity (Wildman–Crippen MR) is 43.0 cm³/mol. The number of pyridine rings is 1. The predicted octanol–water partition coefficient (Wildman–Crippen LogP) is 1.47. The summed E-state index contributed by atoms with van der Waals surface area (Å²) in [6.45, 7) is 0. The smallest absolute Gasteiger partial charge is 0.312 e. The van der Waals surface area contributed by atoms with E-state index in [1.54, 1.807) is 0 Å². The maximum absolute atomic E-state index is 12.6. The highest BCUT2D eigenvalue weighted by Gasteiger charge is 2.16. The lowest BCUT2D eigenvalue weighted by Crippen LogP contribution is -2.00. The van der Waals surface area contributed by atoms with Crippen molar-refractivity contribution < 1.29 is 9.31 Å². The second kappa shape index (κ2) is 3.02. The second-order valence-corrected chi connectivity index (χ2v) is 2.78. The van der Waals surface area contributed by atoms with Crippen molar-refractivity contribution in [3.8, 4) is 0 Å². The third-order valence-electron chi connectivity index (χ3n) is 1.14. The molecule has 0 unspecified atom stereocenters. The molecular weight excluding hydrogens is 233 g/mol. The van der Waals surface area contributed by atoms with E-state index in [0.717, 1.165) is 6.07 Å². The van der Waals surface area contributed by atoms with E-state index in [4.69, 9.17) is 5.73 Å². The summed E-state index contributed by atoms with van der Waals surface area (Å²) in [5.74, 6) is -1.29. The molecule has 5 nitrogen and oxygen atoms in total. The number of nitrogens with zero attached hydrogens (tertiary/aromatic N) is 2. The summed E-state index contributed by atoms with van der Waals surface area (Å²) in [5, 5.41) is 10.2. The molecule has 64 valence electrons. The highest BCUT2D eigenvalue weighted by molar-refractivity contribution is 9.10. The summed E-state index contributed by atoms with van der Waals surface area (Å²) in [6.07, 6.45) is 0. The quantitative estimate of drug-likeness (QED) is 0.454. The van der Waals surface area contributed by atoms with Gasteiger partial charge in [0.15, 0.2) is 0 Å². The van der Waals surface area contributed by atoms with Gasteiger partial charge in [-0.25, -0.2) is 0 Å². The van der Waals surface area contributed by atoms with Crippen molar-refractivity contribution in [2.75, 3.05) is 5.73 Å². The van der Waals surface area contributed by atoms with E-state index < -0.39 is 22.4 Å². The van der Waals surface area contributed by atoms with Gasteiger partial charge < -0.3 is 5.73 Å². The standard InChI is InChI=1S/C5H3BrFN3O2/c6-2-1-3(10(11)12)5(8)9-4(2)7/h1H,(H2,8,9). The lowest BCUT2D eigenvalue weighted by atomic mass is 10.4. The molecule has 0 radical (unpaired) electrons. The SMILES string of the molecule is Nc1nc(F)c(Br)cc1[N+](=O)[O-]. The Morgan fingerprint density at radius 1 is 1.75 bits per heavy atom. The fraction of sp³-hybridized carbons (Fsp3) is 0. The van der Waals surface area contributed by atoms with Crippen molar-refractivity contribution in [2.24, 2.45) is 0 Å². The topological polar surface area (TPSA) is 82.0 Å². The molecule has 0 spiro atoms. The third kappa shape index (κ3) is 1.50. The Kier molecular flexibility index (Phi) is 2.22. The largest absolute Gasteiger partial charge is 0.378 e. The zero-order valence-corrected chi connectivity index (χ0v) is 7.21. The van der Waals surface area contributed by atoms with Crippen LogP contribution in [0.25, 0.3) is 0 Å². The first kappa shape index (κ1) is 8.85. The Morgan fingerprint density at radius 2 is 2.33 bits per heavy atom. The van der Waals surface area contributed by atoms with Crippen molar-refractivity contribution in [1.29, 1.82) is 0 Å². The fourth-order valence-electron chi connectivity index (χ4n) is 0.616. The van der Waals surface area contributed by atoms with Crippen LogP contribution in [0.15, 0.2) is 10.5 Å². The van der Waals surface area contributed by atoms with Crippen molar-refractivity contribution in [2.45, 2.75) is 0 Å². The van der Waals surface area contributed by atoms with Gasteiger partial charge in [0.05, 0.1) is 9.40 Å². The molecule has 0 fully saturated rings. The van der Waals surface area contributed by atoms with E-state index in [-0.39, 0.29) is 4.47 Å². The Balaban J connectivity index is 3.33. The molecule has 0 saturated carbocycles. The first-order valence-electron chi connectivity index (χ1n) is 2.78. The molecule has 0 amide bonds. The molecular formula is C5H3BrFN3O2. The number of hydrogen-bond acceptors (Lipinski definition) is 4. The molecule has 1 rings (SSSR count). The molecule has 0 aliphatic rings. The van der Waals surface area contributed by atoms with E-state index >= 15 is 0 Å². The first-order chi connectivity index (χ1) is 5.52. The van der Waals surface area contributed by atoms with Gasteiger partial charge in [-0.05, 0) is 15.9 Å². The van der Waals surface area contributed by atoms with Crippen LogP contribution in [0.4, 0.5) is 15.9 Å². The van der Waals surface area contributed by atoms with E-state index in [1.807, 2.05) is 0 Å². The second-order valence-electron chi connectivity index (χ2n) is 1.92. The molecule has 0 atom stereocenters. The maximum Gasteiger partial charge on any atom is 0.312 e. The minimum absolute atomic E-state index is 0.0802. The lowest BCUT2D eigenvalue weighted by molar-refractivity contribution is -0.384. The number of anilines is 1. The third-order valence-corrected chi connectivity index (χ3v) is 1.69. The Morgan fingerprint density at radius 3 is 2.83 bits per heavy atom. The Labute approximate surface area is 74.7 Å². The molecule has 0 bridgehead atoms. The fourth-order valence-corrected chi connectivity index (χ4v) is 0.922. The van der Waals surface area contributed by atoms with Crippen molar-refractivity contribution in [3.05, 3.63) is 26.6 Å². The van der Waals surface area contributed by atoms with E-state index in [0.29, 0.717) is 0 Å². The number of nitro groups is 1. The molecule has 0 saturated heterocycles. The highest BCUT2D eigenvalue weighted by atomic mass is 79.9. The minimum atomic E-state index is -0.863. The zero-order chi connectivity index (χ0) is 9.30. The molecule has 1 aromatic rings. The van der Waals surface area contributed by atoms with Crippen LogP contribution < -0.4 is 5.73 Å². The number of hydrogen-bond donors (Lipinski definition) is 1. The van der Waals surface area contributed by atoms with E-state index in [2.05, 4.69) is 20.9 Å². The normalized spacial score (nSPS) is 9.83. The van der Waals surface area contributed by atoms with Gasteiger partial charge in [-0.15, -0.1) is 0 Å². The average molecular weight is 236 g/mol. The summed E-state index contributed by atoms with van der Waals surface area (Å²) < 4.78 is 12.5. The average Bonchev–Trinajstić information content (AvgIpc) is 1.96. The Bertz CT molecular complexity index is 344. The molecule has 0 aliphatic carbocycles. The summed E-state index contributed by atoms with van der Waals surface area (Å²) in [4.78, 5) is 12.6. The first-order valence-corrected chi connectivity index (χ1v) is 3.57. The van der Waals surface area contributed by atoms with Crippen LogP contribution in [-0.4, -0.2) is 9.91 Å². The molecule has 1 aromatic heterocycles. The van der Waals surface area contributed by atoms with E-state index in [9.17, 15) is 14.5 Å². The highest BCUT2D eigenvalue weighted by Crippen LogP contribution is 2.24. The van der Waals surface area contributed by atoms with Gasteiger partial charge in [0.2, 0.25) is 11.8 Å². The maximum atomic E-state index is 12.6. The molecule has 0 aromatic carbocycles. The molecule has 0 aliphatic heterocycles. The van der Waals surface area contributed by atoms with Crippen molar-refractivity contribution >= 4 is 27.4 Å². The van der Waals surface area contributed by atoms with Crippen LogP contribution in [-0.2, 0) is 0 Å². The molecule has 2 N–H and O–H groups in total. The number of rotatable bonds is 1. The zero-order valence-electron chi connectivity index (χ0n) is 5.62. The van der Waals surface area contributed by atoms with E-state index in [1.165, 1.54) is 0 Å². The monoisotopic (exact) mass is 235 g/mol. The van der Waals surface area contributed by atoms with Gasteiger partial charge in [-0.1, -0.05) is 0 Å². The van der Waals surface area contributed by atoms with Gasteiger partial charge in [-0.2, -0.15) is 9.37 Å². The van der Waals surface area contributed by atoms with Crippen LogP contribution >= 0.6 is 15.9 Å². The summed E-state index contributed by atoms with van der Waals surface area (Å²) in [5.41, 5.74) is 4.66. The van der Waals surface area contributed by atoms with Crippen LogP contribution in [0.1, 0.15) is 0 Å². The van der Waals surface area contributed by atoms with Gasteiger partial charge in [0.25, 0.3) is 0 Å². The summed E-state index contributed by atoms with van der Waals surface area (Å²) in [7, 11) is 0. The number of halogens is 2. The van der Waals surface area contributed by atoms with Gasteiger partial charge in [0, 0.05) is 6.07 Å².